The Bertz CT molecular complexity index is 581. The molecule has 1 aliphatic carbocycles. The number of benzene rings is 1. The second-order valence-corrected chi connectivity index (χ2v) is 6.05. The monoisotopic (exact) mass is 298 g/mol. The summed E-state index contributed by atoms with van der Waals surface area (Å²) < 4.78 is 39.2. The van der Waals surface area contributed by atoms with E-state index in [0.717, 1.165) is 5.56 Å². The Hall–Kier alpha value is -1.72. The zero-order valence-electron chi connectivity index (χ0n) is 11.7. The summed E-state index contributed by atoms with van der Waals surface area (Å²) in [6.07, 6.45) is -0.0487. The Kier molecular flexibility index (Phi) is 3.34. The molecule has 3 rings (SSSR count). The van der Waals surface area contributed by atoms with Crippen LogP contribution in [-0.4, -0.2) is 24.4 Å². The van der Waals surface area contributed by atoms with E-state index in [0.29, 0.717) is 11.3 Å². The zero-order valence-corrected chi connectivity index (χ0v) is 11.7. The van der Waals surface area contributed by atoms with Crippen molar-refractivity contribution in [1.29, 1.82) is 0 Å². The summed E-state index contributed by atoms with van der Waals surface area (Å²) in [6, 6.07) is 2.71. The minimum atomic E-state index is -2.57. The fourth-order valence-corrected chi connectivity index (χ4v) is 3.01. The largest absolute Gasteiger partial charge is 0.373 e. The summed E-state index contributed by atoms with van der Waals surface area (Å²) in [6.45, 7) is 2.04. The number of fused-ring (bicyclic) bond motifs is 1. The quantitative estimate of drug-likeness (QED) is 0.900. The van der Waals surface area contributed by atoms with Gasteiger partial charge in [-0.15, -0.1) is 0 Å². The third-order valence-electron chi connectivity index (χ3n) is 4.13. The lowest BCUT2D eigenvalue weighted by atomic mass is 9.81. The van der Waals surface area contributed by atoms with Crippen LogP contribution in [0.15, 0.2) is 12.1 Å². The lowest BCUT2D eigenvalue weighted by Gasteiger charge is -2.35. The summed E-state index contributed by atoms with van der Waals surface area (Å²) in [4.78, 5) is 12.0. The molecule has 1 atom stereocenters. The van der Waals surface area contributed by atoms with Crippen molar-refractivity contribution >= 4 is 11.6 Å². The molecule has 1 heterocycles. The van der Waals surface area contributed by atoms with Crippen LogP contribution in [0.5, 0.6) is 0 Å². The number of rotatable bonds is 3. The van der Waals surface area contributed by atoms with Crippen LogP contribution in [0.25, 0.3) is 0 Å². The third kappa shape index (κ3) is 2.84. The number of carbonyl (C=O) groups is 1. The van der Waals surface area contributed by atoms with Gasteiger partial charge in [0.2, 0.25) is 11.8 Å². The van der Waals surface area contributed by atoms with Gasteiger partial charge in [-0.25, -0.2) is 13.2 Å². The summed E-state index contributed by atoms with van der Waals surface area (Å²) in [5.74, 6) is -3.31. The Labute approximate surface area is 120 Å². The molecule has 2 aliphatic rings. The van der Waals surface area contributed by atoms with E-state index < -0.39 is 12.0 Å². The van der Waals surface area contributed by atoms with Crippen molar-refractivity contribution in [3.05, 3.63) is 29.1 Å². The number of anilines is 1. The fraction of sp³-hybridized carbons (Fsp3) is 0.533. The molecule has 0 spiro atoms. The maximum Gasteiger partial charge on any atom is 0.248 e. The van der Waals surface area contributed by atoms with Crippen molar-refractivity contribution in [3.63, 3.8) is 0 Å². The van der Waals surface area contributed by atoms with Gasteiger partial charge in [-0.2, -0.15) is 0 Å². The molecule has 3 nitrogen and oxygen atoms in total. The molecule has 21 heavy (non-hydrogen) atoms. The molecule has 2 N–H and O–H groups in total. The van der Waals surface area contributed by atoms with E-state index >= 15 is 0 Å². The second-order valence-electron chi connectivity index (χ2n) is 6.05. The SMILES string of the molecule is Cc1cc(F)c2c(c1)NC(C(=O)NCC1CC(F)(F)C1)C2. The van der Waals surface area contributed by atoms with Crippen molar-refractivity contribution in [3.8, 4) is 0 Å². The molecule has 1 aromatic rings. The van der Waals surface area contributed by atoms with E-state index in [-0.39, 0.29) is 43.4 Å². The maximum atomic E-state index is 13.8. The number of alkyl halides is 2. The van der Waals surface area contributed by atoms with Gasteiger partial charge in [0.05, 0.1) is 0 Å². The molecule has 1 saturated carbocycles. The van der Waals surface area contributed by atoms with Gasteiger partial charge in [-0.1, -0.05) is 0 Å². The van der Waals surface area contributed by atoms with Gasteiger partial charge >= 0.3 is 0 Å². The summed E-state index contributed by atoms with van der Waals surface area (Å²) >= 11 is 0. The van der Waals surface area contributed by atoms with Crippen LogP contribution in [0.2, 0.25) is 0 Å². The number of hydrogen-bond donors (Lipinski definition) is 2. The van der Waals surface area contributed by atoms with E-state index in [9.17, 15) is 18.0 Å². The summed E-state index contributed by atoms with van der Waals surface area (Å²) in [5.41, 5.74) is 1.94. The molecule has 0 aromatic heterocycles. The Balaban J connectivity index is 1.55. The standard InChI is InChI=1S/C15H17F3N2O/c1-8-2-11(16)10-4-13(20-12(10)3-8)14(21)19-7-9-5-15(17,18)6-9/h2-3,9,13,20H,4-7H2,1H3,(H,19,21). The first kappa shape index (κ1) is 14.2. The highest BCUT2D eigenvalue weighted by atomic mass is 19.3. The number of hydrogen-bond acceptors (Lipinski definition) is 2. The summed E-state index contributed by atoms with van der Waals surface area (Å²) in [7, 11) is 0. The number of aryl methyl sites for hydroxylation is 1. The molecule has 1 aromatic carbocycles. The molecule has 1 aliphatic heterocycles. The Morgan fingerprint density at radius 1 is 1.43 bits per heavy atom. The normalized spacial score (nSPS) is 23.1. The summed E-state index contributed by atoms with van der Waals surface area (Å²) in [5, 5.41) is 5.67. The highest BCUT2D eigenvalue weighted by Crippen LogP contribution is 2.41. The number of amides is 1. The Morgan fingerprint density at radius 2 is 2.14 bits per heavy atom. The topological polar surface area (TPSA) is 41.1 Å². The average Bonchev–Trinajstić information content (AvgIpc) is 2.77. The zero-order chi connectivity index (χ0) is 15.2. The van der Waals surface area contributed by atoms with Gasteiger partial charge in [-0.05, 0) is 30.5 Å². The number of halogens is 3. The highest BCUT2D eigenvalue weighted by Gasteiger charge is 2.45. The maximum absolute atomic E-state index is 13.8. The highest BCUT2D eigenvalue weighted by molar-refractivity contribution is 5.87. The van der Waals surface area contributed by atoms with Crippen LogP contribution in [0.1, 0.15) is 24.0 Å². The van der Waals surface area contributed by atoms with Crippen LogP contribution in [0.4, 0.5) is 18.9 Å². The minimum absolute atomic E-state index is 0.160. The van der Waals surface area contributed by atoms with Crippen molar-refractivity contribution in [1.82, 2.24) is 5.32 Å². The van der Waals surface area contributed by atoms with Crippen molar-refractivity contribution in [2.24, 2.45) is 5.92 Å². The average molecular weight is 298 g/mol. The number of carbonyl (C=O) groups excluding carboxylic acids is 1. The molecule has 6 heteroatoms. The third-order valence-corrected chi connectivity index (χ3v) is 4.13. The van der Waals surface area contributed by atoms with Crippen LogP contribution in [0.3, 0.4) is 0 Å². The molecule has 0 bridgehead atoms. The molecular weight excluding hydrogens is 281 g/mol. The van der Waals surface area contributed by atoms with E-state index in [2.05, 4.69) is 10.6 Å². The van der Waals surface area contributed by atoms with Crippen molar-refractivity contribution < 1.29 is 18.0 Å². The molecule has 114 valence electrons. The van der Waals surface area contributed by atoms with Gasteiger partial charge in [0.25, 0.3) is 0 Å². The van der Waals surface area contributed by atoms with Crippen molar-refractivity contribution in [2.75, 3.05) is 11.9 Å². The minimum Gasteiger partial charge on any atom is -0.373 e. The molecular formula is C15H17F3N2O. The van der Waals surface area contributed by atoms with Gasteiger partial charge in [0.1, 0.15) is 11.9 Å². The predicted octanol–water partition coefficient (Wildman–Crippen LogP) is 2.63. The van der Waals surface area contributed by atoms with E-state index in [1.54, 1.807) is 13.0 Å². The molecule has 1 fully saturated rings. The Morgan fingerprint density at radius 3 is 2.81 bits per heavy atom. The fourth-order valence-electron chi connectivity index (χ4n) is 3.01. The lowest BCUT2D eigenvalue weighted by molar-refractivity contribution is -0.126. The molecule has 1 unspecified atom stereocenters. The van der Waals surface area contributed by atoms with Gasteiger partial charge < -0.3 is 10.6 Å². The van der Waals surface area contributed by atoms with Crippen LogP contribution < -0.4 is 10.6 Å². The first-order chi connectivity index (χ1) is 9.84. The van der Waals surface area contributed by atoms with Crippen LogP contribution in [-0.2, 0) is 11.2 Å². The van der Waals surface area contributed by atoms with Crippen molar-refractivity contribution in [2.45, 2.75) is 38.2 Å². The predicted molar refractivity (Wildman–Crippen MR) is 72.9 cm³/mol. The van der Waals surface area contributed by atoms with Gasteiger partial charge in [0, 0.05) is 37.1 Å². The van der Waals surface area contributed by atoms with E-state index in [4.69, 9.17) is 0 Å². The van der Waals surface area contributed by atoms with Crippen LogP contribution in [0, 0.1) is 18.7 Å². The molecule has 0 radical (unpaired) electrons. The van der Waals surface area contributed by atoms with Crippen LogP contribution >= 0.6 is 0 Å². The first-order valence-corrected chi connectivity index (χ1v) is 7.05. The lowest BCUT2D eigenvalue weighted by Crippen LogP contribution is -2.46. The smallest absolute Gasteiger partial charge is 0.248 e. The van der Waals surface area contributed by atoms with E-state index in [1.165, 1.54) is 6.07 Å². The second kappa shape index (κ2) is 4.93. The first-order valence-electron chi connectivity index (χ1n) is 7.05. The van der Waals surface area contributed by atoms with E-state index in [1.807, 2.05) is 0 Å². The molecule has 0 saturated heterocycles. The number of nitrogens with one attached hydrogen (secondary N) is 2. The van der Waals surface area contributed by atoms with Gasteiger partial charge in [-0.3, -0.25) is 4.79 Å². The molecule has 1 amide bonds. The van der Waals surface area contributed by atoms with Gasteiger partial charge in [0.15, 0.2) is 0 Å².